The fourth-order valence-electron chi connectivity index (χ4n) is 2.10. The number of halogens is 2. The topological polar surface area (TPSA) is 49.4 Å². The van der Waals surface area contributed by atoms with Crippen LogP contribution in [-0.4, -0.2) is 24.9 Å². The number of carbonyl (C=O) groups is 2. The molecule has 1 N–H and O–H groups in total. The number of rotatable bonds is 5. The Morgan fingerprint density at radius 2 is 1.78 bits per heavy atom. The largest absolute Gasteiger partial charge is 0.350 e. The summed E-state index contributed by atoms with van der Waals surface area (Å²) < 4.78 is 12.8. The van der Waals surface area contributed by atoms with Crippen LogP contribution < -0.4 is 10.2 Å². The van der Waals surface area contributed by atoms with E-state index in [2.05, 4.69) is 5.32 Å². The van der Waals surface area contributed by atoms with Crippen molar-refractivity contribution in [2.75, 3.05) is 18.0 Å². The van der Waals surface area contributed by atoms with Crippen LogP contribution in [0.15, 0.2) is 48.5 Å². The summed E-state index contributed by atoms with van der Waals surface area (Å²) in [5, 5.41) is 3.16. The Balaban J connectivity index is 1.97. The maximum absolute atomic E-state index is 12.8. The van der Waals surface area contributed by atoms with E-state index in [0.29, 0.717) is 16.3 Å². The lowest BCUT2D eigenvalue weighted by Crippen LogP contribution is -2.37. The molecule has 4 nitrogen and oxygen atoms in total. The Morgan fingerprint density at radius 3 is 2.39 bits per heavy atom. The number of anilines is 1. The van der Waals surface area contributed by atoms with Gasteiger partial charge in [0.05, 0.1) is 10.7 Å². The molecule has 0 fully saturated rings. The van der Waals surface area contributed by atoms with Gasteiger partial charge >= 0.3 is 0 Å². The van der Waals surface area contributed by atoms with E-state index >= 15 is 0 Å². The summed E-state index contributed by atoms with van der Waals surface area (Å²) in [5.41, 5.74) is 0.955. The number of hydrogen-bond acceptors (Lipinski definition) is 2. The second-order valence-electron chi connectivity index (χ2n) is 4.88. The molecule has 0 bridgehead atoms. The third-order valence-electron chi connectivity index (χ3n) is 3.25. The second-order valence-corrected chi connectivity index (χ2v) is 5.29. The molecule has 0 atom stereocenters. The predicted molar refractivity (Wildman–Crippen MR) is 88.2 cm³/mol. The SMILES string of the molecule is CC(=O)N(CCNC(=O)c1ccc(F)cc1)c1ccccc1Cl. The third-order valence-corrected chi connectivity index (χ3v) is 3.57. The summed E-state index contributed by atoms with van der Waals surface area (Å²) in [6, 6.07) is 12.3. The summed E-state index contributed by atoms with van der Waals surface area (Å²) in [4.78, 5) is 25.2. The van der Waals surface area contributed by atoms with E-state index in [0.717, 1.165) is 0 Å². The number of benzene rings is 2. The van der Waals surface area contributed by atoms with Crippen LogP contribution in [0.4, 0.5) is 10.1 Å². The van der Waals surface area contributed by atoms with Crippen LogP contribution in [0, 0.1) is 5.82 Å². The summed E-state index contributed by atoms with van der Waals surface area (Å²) in [7, 11) is 0. The molecule has 2 aromatic rings. The van der Waals surface area contributed by atoms with Crippen LogP contribution in [0.25, 0.3) is 0 Å². The molecular formula is C17H16ClFN2O2. The fraction of sp³-hybridized carbons (Fsp3) is 0.176. The Morgan fingerprint density at radius 1 is 1.13 bits per heavy atom. The zero-order valence-corrected chi connectivity index (χ0v) is 13.3. The summed E-state index contributed by atoms with van der Waals surface area (Å²) >= 11 is 6.10. The van der Waals surface area contributed by atoms with Gasteiger partial charge in [-0.1, -0.05) is 23.7 Å². The lowest BCUT2D eigenvalue weighted by molar-refractivity contribution is -0.116. The third kappa shape index (κ3) is 4.53. The molecule has 0 aliphatic carbocycles. The maximum Gasteiger partial charge on any atom is 0.251 e. The van der Waals surface area contributed by atoms with Gasteiger partial charge in [-0.05, 0) is 36.4 Å². The maximum atomic E-state index is 12.8. The number of para-hydroxylation sites is 1. The smallest absolute Gasteiger partial charge is 0.251 e. The van der Waals surface area contributed by atoms with Crippen molar-refractivity contribution in [3.63, 3.8) is 0 Å². The quantitative estimate of drug-likeness (QED) is 0.912. The molecule has 0 saturated heterocycles. The van der Waals surface area contributed by atoms with Gasteiger partial charge < -0.3 is 10.2 Å². The molecule has 0 aliphatic heterocycles. The molecule has 0 unspecified atom stereocenters. The van der Waals surface area contributed by atoms with E-state index < -0.39 is 5.82 Å². The molecule has 6 heteroatoms. The van der Waals surface area contributed by atoms with Gasteiger partial charge in [0.15, 0.2) is 0 Å². The Bertz CT molecular complexity index is 704. The van der Waals surface area contributed by atoms with Gasteiger partial charge in [0.1, 0.15) is 5.82 Å². The first-order valence-electron chi connectivity index (χ1n) is 7.05. The standard InChI is InChI=1S/C17H16ClFN2O2/c1-12(22)21(16-5-3-2-4-15(16)18)11-10-20-17(23)13-6-8-14(19)9-7-13/h2-9H,10-11H2,1H3,(H,20,23). The Hall–Kier alpha value is -2.40. The van der Waals surface area contributed by atoms with E-state index in [1.54, 1.807) is 24.3 Å². The lowest BCUT2D eigenvalue weighted by Gasteiger charge is -2.22. The van der Waals surface area contributed by atoms with E-state index in [4.69, 9.17) is 11.6 Å². The average Bonchev–Trinajstić information content (AvgIpc) is 2.53. The van der Waals surface area contributed by atoms with Crippen molar-refractivity contribution >= 4 is 29.1 Å². The molecule has 2 amide bonds. The highest BCUT2D eigenvalue weighted by Crippen LogP contribution is 2.24. The van der Waals surface area contributed by atoms with Crippen LogP contribution in [0.5, 0.6) is 0 Å². The van der Waals surface area contributed by atoms with Crippen LogP contribution in [-0.2, 0) is 4.79 Å². The predicted octanol–water partition coefficient (Wildman–Crippen LogP) is 3.26. The van der Waals surface area contributed by atoms with Gasteiger partial charge in [0.2, 0.25) is 5.91 Å². The number of amides is 2. The van der Waals surface area contributed by atoms with Crippen LogP contribution >= 0.6 is 11.6 Å². The highest BCUT2D eigenvalue weighted by Gasteiger charge is 2.14. The minimum absolute atomic E-state index is 0.172. The van der Waals surface area contributed by atoms with Crippen LogP contribution in [0.2, 0.25) is 5.02 Å². The molecular weight excluding hydrogens is 319 g/mol. The minimum atomic E-state index is -0.400. The van der Waals surface area contributed by atoms with Gasteiger partial charge in [-0.3, -0.25) is 9.59 Å². The average molecular weight is 335 g/mol. The fourth-order valence-corrected chi connectivity index (χ4v) is 2.34. The first-order chi connectivity index (χ1) is 11.0. The van der Waals surface area contributed by atoms with Crippen molar-refractivity contribution in [3.05, 3.63) is 64.9 Å². The van der Waals surface area contributed by atoms with Gasteiger partial charge in [0, 0.05) is 25.6 Å². The zero-order valence-electron chi connectivity index (χ0n) is 12.6. The summed E-state index contributed by atoms with van der Waals surface area (Å²) in [6.45, 7) is 1.97. The molecule has 23 heavy (non-hydrogen) atoms. The van der Waals surface area contributed by atoms with Gasteiger partial charge in [-0.2, -0.15) is 0 Å². The van der Waals surface area contributed by atoms with Crippen molar-refractivity contribution < 1.29 is 14.0 Å². The number of nitrogens with zero attached hydrogens (tertiary/aromatic N) is 1. The van der Waals surface area contributed by atoms with Crippen molar-refractivity contribution in [3.8, 4) is 0 Å². The van der Waals surface area contributed by atoms with Crippen LogP contribution in [0.3, 0.4) is 0 Å². The normalized spacial score (nSPS) is 10.2. The lowest BCUT2D eigenvalue weighted by atomic mass is 10.2. The van der Waals surface area contributed by atoms with E-state index in [9.17, 15) is 14.0 Å². The number of hydrogen-bond donors (Lipinski definition) is 1. The summed E-state index contributed by atoms with van der Waals surface area (Å²) in [5.74, 6) is -0.898. The highest BCUT2D eigenvalue weighted by molar-refractivity contribution is 6.33. The summed E-state index contributed by atoms with van der Waals surface area (Å²) in [6.07, 6.45) is 0. The van der Waals surface area contributed by atoms with E-state index in [1.807, 2.05) is 0 Å². The molecule has 0 heterocycles. The molecule has 2 rings (SSSR count). The molecule has 0 saturated carbocycles. The van der Waals surface area contributed by atoms with Gasteiger partial charge in [0.25, 0.3) is 5.91 Å². The van der Waals surface area contributed by atoms with Gasteiger partial charge in [-0.15, -0.1) is 0 Å². The van der Waals surface area contributed by atoms with Crippen LogP contribution in [0.1, 0.15) is 17.3 Å². The van der Waals surface area contributed by atoms with Crippen molar-refractivity contribution in [2.24, 2.45) is 0 Å². The first-order valence-corrected chi connectivity index (χ1v) is 7.43. The first kappa shape index (κ1) is 17.0. The van der Waals surface area contributed by atoms with Crippen molar-refractivity contribution in [1.82, 2.24) is 5.32 Å². The molecule has 0 radical (unpaired) electrons. The highest BCUT2D eigenvalue weighted by atomic mass is 35.5. The minimum Gasteiger partial charge on any atom is -0.350 e. The molecule has 2 aromatic carbocycles. The van der Waals surface area contributed by atoms with E-state index in [-0.39, 0.29) is 24.9 Å². The molecule has 0 aromatic heterocycles. The number of carbonyl (C=O) groups excluding carboxylic acids is 2. The van der Waals surface area contributed by atoms with E-state index in [1.165, 1.54) is 36.1 Å². The number of nitrogens with one attached hydrogen (secondary N) is 1. The molecule has 120 valence electrons. The Kier molecular flexibility index (Phi) is 5.71. The second kappa shape index (κ2) is 7.74. The monoisotopic (exact) mass is 334 g/mol. The zero-order chi connectivity index (χ0) is 16.8. The van der Waals surface area contributed by atoms with Crippen molar-refractivity contribution in [1.29, 1.82) is 0 Å². The van der Waals surface area contributed by atoms with Crippen molar-refractivity contribution in [2.45, 2.75) is 6.92 Å². The van der Waals surface area contributed by atoms with Gasteiger partial charge in [-0.25, -0.2) is 4.39 Å². The molecule has 0 spiro atoms. The molecule has 0 aliphatic rings. The Labute approximate surface area is 138 Å².